The molecule has 0 saturated carbocycles. The molecule has 0 N–H and O–H groups in total. The maximum Gasteiger partial charge on any atom is 0.342 e. The molecule has 0 fully saturated rings. The van der Waals surface area contributed by atoms with E-state index in [-0.39, 0.29) is 17.8 Å². The molecular weight excluding hydrogens is 456 g/mol. The smallest absolute Gasteiger partial charge is 0.342 e. The third-order valence-corrected chi connectivity index (χ3v) is 7.62. The van der Waals surface area contributed by atoms with Gasteiger partial charge in [-0.2, -0.15) is 0 Å². The Hall–Kier alpha value is -2.56. The van der Waals surface area contributed by atoms with E-state index < -0.39 is 19.6 Å². The molecule has 2 bridgehead atoms. The highest BCUT2D eigenvalue weighted by atomic mass is 28.3. The van der Waals surface area contributed by atoms with E-state index in [1.807, 2.05) is 34.6 Å². The monoisotopic (exact) mass is 498 g/mol. The largest absolute Gasteiger partial charge is 0.464 e. The van der Waals surface area contributed by atoms with E-state index in [4.69, 9.17) is 13.9 Å². The van der Waals surface area contributed by atoms with E-state index in [1.54, 1.807) is 12.1 Å². The van der Waals surface area contributed by atoms with Crippen molar-refractivity contribution in [2.24, 2.45) is 5.92 Å². The molecule has 1 aliphatic rings. The van der Waals surface area contributed by atoms with Crippen molar-refractivity contribution in [3.63, 3.8) is 0 Å². The summed E-state index contributed by atoms with van der Waals surface area (Å²) in [5.41, 5.74) is 5.30. The van der Waals surface area contributed by atoms with Crippen molar-refractivity contribution in [1.29, 1.82) is 0 Å². The van der Waals surface area contributed by atoms with Crippen molar-refractivity contribution in [1.82, 2.24) is 0 Å². The van der Waals surface area contributed by atoms with Crippen LogP contribution in [0, 0.1) is 5.92 Å². The maximum absolute atomic E-state index is 13.0. The quantitative estimate of drug-likeness (QED) is 0.170. The molecule has 35 heavy (non-hydrogen) atoms. The van der Waals surface area contributed by atoms with Gasteiger partial charge in [0.1, 0.15) is 22.7 Å². The number of fused-ring (bicyclic) bond motifs is 2. The van der Waals surface area contributed by atoms with Gasteiger partial charge in [0.05, 0.1) is 18.1 Å². The summed E-state index contributed by atoms with van der Waals surface area (Å²) in [5, 5.41) is 0. The highest BCUT2D eigenvalue weighted by Gasteiger charge is 2.29. The summed E-state index contributed by atoms with van der Waals surface area (Å²) in [5.74, 6) is 0.0945. The Balaban J connectivity index is 2.50. The van der Waals surface area contributed by atoms with Crippen molar-refractivity contribution in [2.45, 2.75) is 91.1 Å². The molecule has 0 aliphatic carbocycles. The molecule has 5 nitrogen and oxygen atoms in total. The molecule has 1 aliphatic heterocycles. The predicted octanol–water partition coefficient (Wildman–Crippen LogP) is 7.39. The minimum atomic E-state index is -1.31. The second-order valence-electron chi connectivity index (χ2n) is 11.8. The summed E-state index contributed by atoms with van der Waals surface area (Å²) < 4.78 is 17.5. The molecule has 1 aromatic heterocycles. The normalized spacial score (nSPS) is 18.8. The van der Waals surface area contributed by atoms with E-state index in [1.165, 1.54) is 0 Å². The van der Waals surface area contributed by atoms with Gasteiger partial charge in [-0.15, -0.1) is 5.73 Å². The highest BCUT2D eigenvalue weighted by Crippen LogP contribution is 2.34. The summed E-state index contributed by atoms with van der Waals surface area (Å²) in [6, 6.07) is 2.66. The lowest BCUT2D eigenvalue weighted by Gasteiger charge is -2.20. The van der Waals surface area contributed by atoms with Crippen LogP contribution in [0.15, 0.2) is 52.2 Å². The lowest BCUT2D eigenvalue weighted by Crippen LogP contribution is -2.24. The molecule has 6 heteroatoms. The number of ether oxygens (including phenoxy) is 2. The van der Waals surface area contributed by atoms with Crippen LogP contribution in [0.25, 0.3) is 0 Å². The van der Waals surface area contributed by atoms with Crippen molar-refractivity contribution >= 4 is 20.0 Å². The Morgan fingerprint density at radius 2 is 1.80 bits per heavy atom. The third kappa shape index (κ3) is 8.86. The lowest BCUT2D eigenvalue weighted by atomic mass is 9.88. The van der Waals surface area contributed by atoms with Gasteiger partial charge in [-0.3, -0.25) is 0 Å². The topological polar surface area (TPSA) is 65.7 Å². The van der Waals surface area contributed by atoms with Crippen LogP contribution in [0.5, 0.6) is 0 Å². The first-order valence-corrected chi connectivity index (χ1v) is 16.1. The number of rotatable bonds is 7. The summed E-state index contributed by atoms with van der Waals surface area (Å²) >= 11 is 0. The van der Waals surface area contributed by atoms with Gasteiger partial charge in [-0.25, -0.2) is 9.59 Å². The zero-order valence-electron chi connectivity index (χ0n) is 22.8. The number of allylic oxidation sites excluding steroid dienone is 2. The predicted molar refractivity (Wildman–Crippen MR) is 143 cm³/mol. The molecule has 192 valence electrons. The minimum Gasteiger partial charge on any atom is -0.464 e. The van der Waals surface area contributed by atoms with E-state index in [2.05, 4.69) is 38.5 Å². The van der Waals surface area contributed by atoms with Crippen LogP contribution in [0.2, 0.25) is 25.7 Å². The van der Waals surface area contributed by atoms with Gasteiger partial charge in [-0.05, 0) is 71.6 Å². The summed E-state index contributed by atoms with van der Waals surface area (Å²) in [6.45, 7) is 24.8. The first kappa shape index (κ1) is 28.7. The van der Waals surface area contributed by atoms with Gasteiger partial charge in [0, 0.05) is 14.5 Å². The fraction of sp³-hybridized carbons (Fsp3) is 0.552. The Kier molecular flexibility index (Phi) is 9.38. The average Bonchev–Trinajstić information content (AvgIpc) is 3.07. The zero-order chi connectivity index (χ0) is 26.6. The molecule has 0 aromatic carbocycles. The van der Waals surface area contributed by atoms with Crippen molar-refractivity contribution in [2.75, 3.05) is 6.61 Å². The van der Waals surface area contributed by atoms with Crippen LogP contribution in [0.1, 0.15) is 75.3 Å². The van der Waals surface area contributed by atoms with Gasteiger partial charge in [0.2, 0.25) is 0 Å². The molecule has 0 amide bonds. The highest BCUT2D eigenvalue weighted by molar-refractivity contribution is 6.76. The van der Waals surface area contributed by atoms with Crippen LogP contribution < -0.4 is 0 Å². The fourth-order valence-electron chi connectivity index (χ4n) is 3.75. The molecule has 0 radical (unpaired) electrons. The van der Waals surface area contributed by atoms with E-state index >= 15 is 0 Å². The number of carbonyl (C=O) groups excluding carboxylic acids is 2. The van der Waals surface area contributed by atoms with Gasteiger partial charge in [0.25, 0.3) is 0 Å². The summed E-state index contributed by atoms with van der Waals surface area (Å²) in [4.78, 5) is 25.9. The van der Waals surface area contributed by atoms with Crippen LogP contribution in [0.4, 0.5) is 0 Å². The molecule has 2 atom stereocenters. The second kappa shape index (κ2) is 11.4. The van der Waals surface area contributed by atoms with Crippen LogP contribution in [-0.4, -0.2) is 32.2 Å². The minimum absolute atomic E-state index is 0.0168. The molecule has 0 saturated heterocycles. The summed E-state index contributed by atoms with van der Waals surface area (Å²) in [6.07, 6.45) is 3.44. The van der Waals surface area contributed by atoms with Crippen molar-refractivity contribution < 1.29 is 23.5 Å². The van der Waals surface area contributed by atoms with E-state index in [0.29, 0.717) is 48.5 Å². The van der Waals surface area contributed by atoms with Crippen LogP contribution >= 0.6 is 0 Å². The van der Waals surface area contributed by atoms with E-state index in [9.17, 15) is 9.59 Å². The average molecular weight is 499 g/mol. The van der Waals surface area contributed by atoms with Crippen LogP contribution in [0.3, 0.4) is 0 Å². The zero-order valence-corrected chi connectivity index (χ0v) is 23.8. The molecule has 1 aromatic rings. The Labute approximate surface area is 212 Å². The first-order chi connectivity index (χ1) is 16.1. The Bertz CT molecular complexity index is 1040. The first-order valence-electron chi connectivity index (χ1n) is 12.4. The molecule has 2 rings (SSSR count). The Morgan fingerprint density at radius 3 is 2.34 bits per heavy atom. The fourth-order valence-corrected chi connectivity index (χ4v) is 4.46. The molecule has 0 unspecified atom stereocenters. The molecular formula is C29H42O5Si. The second-order valence-corrected chi connectivity index (χ2v) is 17.5. The number of furan rings is 1. The number of carbonyl (C=O) groups is 2. The van der Waals surface area contributed by atoms with Gasteiger partial charge in [0.15, 0.2) is 0 Å². The molecule has 0 spiro atoms. The van der Waals surface area contributed by atoms with Gasteiger partial charge < -0.3 is 13.9 Å². The van der Waals surface area contributed by atoms with Crippen molar-refractivity contribution in [3.05, 3.63) is 64.8 Å². The van der Waals surface area contributed by atoms with E-state index in [0.717, 1.165) is 17.2 Å². The number of hydrogen-bond donors (Lipinski definition) is 0. The molecule has 2 heterocycles. The third-order valence-electron chi connectivity index (χ3n) is 5.91. The van der Waals surface area contributed by atoms with Crippen LogP contribution in [-0.2, 0) is 20.7 Å². The standard InChI is InChI=1S/C29H42O5Si/c1-19(2)22-12-11-21(27(30)32-15-16-35(8,9)10)13-14-23(20(3)4)26-18-24(25(17-22)33-26)28(31)34-29(5,6)7/h14,18,22-23H,1,3,11-12,15-17H2,2,4-10H3/t13?,22-,23-/m1/s1. The maximum atomic E-state index is 13.0. The summed E-state index contributed by atoms with van der Waals surface area (Å²) in [7, 11) is -1.31. The number of esters is 2. The lowest BCUT2D eigenvalue weighted by molar-refractivity contribution is -0.138. The van der Waals surface area contributed by atoms with Gasteiger partial charge >= 0.3 is 11.9 Å². The SMILES string of the molecule is C=C(C)[C@@H]1CCC(C(=O)OCC[Si](C)(C)C)=C=C[C@H](C(=C)C)c2cc(C(=O)OC(C)(C)C)c(o2)C1. The van der Waals surface area contributed by atoms with Gasteiger partial charge in [-0.1, -0.05) is 43.9 Å². The number of hydrogen-bond acceptors (Lipinski definition) is 5. The van der Waals surface area contributed by atoms with Crippen molar-refractivity contribution in [3.8, 4) is 0 Å². The Morgan fingerprint density at radius 1 is 1.14 bits per heavy atom.